The maximum Gasteiger partial charge on any atom is 0.317 e. The van der Waals surface area contributed by atoms with Crippen molar-refractivity contribution in [2.24, 2.45) is 5.92 Å². The lowest BCUT2D eigenvalue weighted by atomic mass is 10.1. The maximum absolute atomic E-state index is 12.2. The maximum atomic E-state index is 12.2. The molecule has 5 nitrogen and oxygen atoms in total. The van der Waals surface area contributed by atoms with Crippen LogP contribution in [0.15, 0.2) is 0 Å². The normalized spacial score (nSPS) is 29.7. The largest absolute Gasteiger partial charge is 0.376 e. The van der Waals surface area contributed by atoms with E-state index >= 15 is 0 Å². The lowest BCUT2D eigenvalue weighted by Crippen LogP contribution is -2.47. The van der Waals surface area contributed by atoms with Crippen LogP contribution in [0.5, 0.6) is 0 Å². The number of ether oxygens (including phenoxy) is 2. The fourth-order valence-electron chi connectivity index (χ4n) is 3.50. The number of amides is 2. The fourth-order valence-corrected chi connectivity index (χ4v) is 4.78. The van der Waals surface area contributed by atoms with E-state index in [-0.39, 0.29) is 18.2 Å². The molecule has 23 heavy (non-hydrogen) atoms. The minimum Gasteiger partial charge on any atom is -0.376 e. The molecule has 0 aliphatic carbocycles. The molecule has 3 heterocycles. The number of carbonyl (C=O) groups excluding carboxylic acids is 1. The summed E-state index contributed by atoms with van der Waals surface area (Å²) in [6.45, 7) is 4.05. The molecule has 0 radical (unpaired) electrons. The summed E-state index contributed by atoms with van der Waals surface area (Å²) in [5.41, 5.74) is 0. The van der Waals surface area contributed by atoms with Crippen LogP contribution in [0.25, 0.3) is 0 Å². The van der Waals surface area contributed by atoms with Crippen molar-refractivity contribution in [3.63, 3.8) is 0 Å². The molecule has 0 aromatic heterocycles. The molecular weight excluding hydrogens is 312 g/mol. The first kappa shape index (κ1) is 17.4. The number of thioether (sulfide) groups is 1. The molecule has 0 spiro atoms. The Bertz CT molecular complexity index is 363. The van der Waals surface area contributed by atoms with Crippen LogP contribution in [0.3, 0.4) is 0 Å². The summed E-state index contributed by atoms with van der Waals surface area (Å²) in [6.07, 6.45) is 7.27. The number of hydrogen-bond donors (Lipinski definition) is 1. The van der Waals surface area contributed by atoms with Crippen LogP contribution >= 0.6 is 11.8 Å². The Morgan fingerprint density at radius 1 is 1.22 bits per heavy atom. The van der Waals surface area contributed by atoms with E-state index in [2.05, 4.69) is 5.32 Å². The zero-order chi connectivity index (χ0) is 15.9. The smallest absolute Gasteiger partial charge is 0.317 e. The Hall–Kier alpha value is -0.460. The van der Waals surface area contributed by atoms with E-state index in [9.17, 15) is 4.79 Å². The van der Waals surface area contributed by atoms with Crippen molar-refractivity contribution < 1.29 is 14.3 Å². The predicted molar refractivity (Wildman–Crippen MR) is 93.0 cm³/mol. The van der Waals surface area contributed by atoms with Gasteiger partial charge in [-0.15, -0.1) is 0 Å². The molecule has 1 N–H and O–H groups in total. The molecule has 3 rings (SSSR count). The summed E-state index contributed by atoms with van der Waals surface area (Å²) in [5.74, 6) is 3.10. The lowest BCUT2D eigenvalue weighted by Gasteiger charge is -2.33. The average molecular weight is 343 g/mol. The van der Waals surface area contributed by atoms with E-state index in [0.717, 1.165) is 52.1 Å². The molecule has 3 aliphatic heterocycles. The third-order valence-electron chi connectivity index (χ3n) is 5.09. The van der Waals surface area contributed by atoms with Crippen molar-refractivity contribution in [2.75, 3.05) is 44.4 Å². The summed E-state index contributed by atoms with van der Waals surface area (Å²) >= 11 is 2.00. The van der Waals surface area contributed by atoms with Gasteiger partial charge in [-0.25, -0.2) is 4.79 Å². The molecule has 0 aromatic rings. The second-order valence-corrected chi connectivity index (χ2v) is 8.07. The summed E-state index contributed by atoms with van der Waals surface area (Å²) in [6, 6.07) is 0.107. The minimum absolute atomic E-state index is 0.107. The minimum atomic E-state index is 0.107. The molecule has 3 saturated heterocycles. The Morgan fingerprint density at radius 2 is 2.09 bits per heavy atom. The van der Waals surface area contributed by atoms with E-state index in [0.29, 0.717) is 5.92 Å². The molecule has 2 amide bonds. The highest BCUT2D eigenvalue weighted by Gasteiger charge is 2.25. The van der Waals surface area contributed by atoms with Crippen LogP contribution in [-0.2, 0) is 9.47 Å². The number of hydrogen-bond acceptors (Lipinski definition) is 4. The molecule has 132 valence electrons. The van der Waals surface area contributed by atoms with Crippen LogP contribution in [0.1, 0.15) is 38.5 Å². The van der Waals surface area contributed by atoms with Gasteiger partial charge in [0.05, 0.1) is 18.8 Å². The van der Waals surface area contributed by atoms with Gasteiger partial charge in [-0.05, 0) is 55.9 Å². The van der Waals surface area contributed by atoms with E-state index in [4.69, 9.17) is 9.47 Å². The zero-order valence-electron chi connectivity index (χ0n) is 14.0. The summed E-state index contributed by atoms with van der Waals surface area (Å²) in [7, 11) is 0. The number of nitrogens with zero attached hydrogens (tertiary/aromatic N) is 1. The topological polar surface area (TPSA) is 50.8 Å². The number of piperidine rings is 1. The van der Waals surface area contributed by atoms with Crippen molar-refractivity contribution in [2.45, 2.75) is 50.7 Å². The Balaban J connectivity index is 1.29. The zero-order valence-corrected chi connectivity index (χ0v) is 14.8. The Labute approximate surface area is 143 Å². The number of carbonyl (C=O) groups is 1. The van der Waals surface area contributed by atoms with Crippen molar-refractivity contribution in [1.82, 2.24) is 10.2 Å². The summed E-state index contributed by atoms with van der Waals surface area (Å²) in [5, 5.41) is 3.11. The van der Waals surface area contributed by atoms with E-state index < -0.39 is 0 Å². The first-order valence-corrected chi connectivity index (χ1v) is 10.3. The van der Waals surface area contributed by atoms with Gasteiger partial charge in [0.25, 0.3) is 0 Å². The molecule has 0 aromatic carbocycles. The SMILES string of the molecule is O=C(NC[C@H]1CCSC1)N1CCC(OC[C@H]2CCCCO2)CC1. The van der Waals surface area contributed by atoms with Gasteiger partial charge >= 0.3 is 6.03 Å². The number of likely N-dealkylation sites (tertiary alicyclic amines) is 1. The number of urea groups is 1. The number of nitrogens with one attached hydrogen (secondary N) is 1. The second-order valence-electron chi connectivity index (χ2n) is 6.92. The van der Waals surface area contributed by atoms with Crippen molar-refractivity contribution in [3.05, 3.63) is 0 Å². The Morgan fingerprint density at radius 3 is 2.78 bits per heavy atom. The first-order valence-electron chi connectivity index (χ1n) is 9.15. The fraction of sp³-hybridized carbons (Fsp3) is 0.941. The van der Waals surface area contributed by atoms with Gasteiger partial charge in [0, 0.05) is 26.2 Å². The highest BCUT2D eigenvalue weighted by molar-refractivity contribution is 7.99. The summed E-state index contributed by atoms with van der Waals surface area (Å²) < 4.78 is 11.7. The van der Waals surface area contributed by atoms with Crippen LogP contribution in [0, 0.1) is 5.92 Å². The van der Waals surface area contributed by atoms with Crippen LogP contribution < -0.4 is 5.32 Å². The molecule has 0 saturated carbocycles. The number of rotatable bonds is 5. The third kappa shape index (κ3) is 5.54. The lowest BCUT2D eigenvalue weighted by molar-refractivity contribution is -0.0728. The van der Waals surface area contributed by atoms with Crippen molar-refractivity contribution in [3.8, 4) is 0 Å². The molecule has 0 bridgehead atoms. The van der Waals surface area contributed by atoms with Gasteiger partial charge in [-0.1, -0.05) is 0 Å². The van der Waals surface area contributed by atoms with Crippen LogP contribution in [-0.4, -0.2) is 67.5 Å². The molecule has 6 heteroatoms. The quantitative estimate of drug-likeness (QED) is 0.834. The molecule has 3 fully saturated rings. The first-order chi connectivity index (χ1) is 11.3. The highest BCUT2D eigenvalue weighted by atomic mass is 32.2. The molecule has 3 aliphatic rings. The van der Waals surface area contributed by atoms with Crippen LogP contribution in [0.2, 0.25) is 0 Å². The standard InChI is InChI=1S/C17H30N2O3S/c20-17(18-11-14-6-10-23-13-14)19-7-4-15(5-8-19)22-12-16-3-1-2-9-21-16/h14-16H,1-13H2,(H,18,20)/t14-,16-/m1/s1. The molecular formula is C17H30N2O3S. The van der Waals surface area contributed by atoms with Crippen molar-refractivity contribution >= 4 is 17.8 Å². The van der Waals surface area contributed by atoms with E-state index in [1.807, 2.05) is 16.7 Å². The Kier molecular flexibility index (Phi) is 6.90. The molecule has 0 unspecified atom stereocenters. The van der Waals surface area contributed by atoms with E-state index in [1.54, 1.807) is 0 Å². The van der Waals surface area contributed by atoms with Crippen LogP contribution in [0.4, 0.5) is 4.79 Å². The second kappa shape index (κ2) is 9.14. The van der Waals surface area contributed by atoms with Gasteiger partial charge in [0.2, 0.25) is 0 Å². The van der Waals surface area contributed by atoms with E-state index in [1.165, 1.54) is 30.8 Å². The predicted octanol–water partition coefficient (Wildman–Crippen LogP) is 2.50. The monoisotopic (exact) mass is 342 g/mol. The third-order valence-corrected chi connectivity index (χ3v) is 6.32. The van der Waals surface area contributed by atoms with Gasteiger partial charge in [-0.2, -0.15) is 11.8 Å². The summed E-state index contributed by atoms with van der Waals surface area (Å²) in [4.78, 5) is 14.2. The van der Waals surface area contributed by atoms with Gasteiger partial charge in [-0.3, -0.25) is 0 Å². The molecule has 2 atom stereocenters. The van der Waals surface area contributed by atoms with Crippen molar-refractivity contribution in [1.29, 1.82) is 0 Å². The van der Waals surface area contributed by atoms with Gasteiger partial charge < -0.3 is 19.7 Å². The van der Waals surface area contributed by atoms with Gasteiger partial charge in [0.15, 0.2) is 0 Å². The van der Waals surface area contributed by atoms with Gasteiger partial charge in [0.1, 0.15) is 0 Å². The highest BCUT2D eigenvalue weighted by Crippen LogP contribution is 2.23. The average Bonchev–Trinajstić information content (AvgIpc) is 3.13.